The topological polar surface area (TPSA) is 149 Å². The summed E-state index contributed by atoms with van der Waals surface area (Å²) in [5.74, 6) is -0.206. The quantitative estimate of drug-likeness (QED) is 0.0261. The van der Waals surface area contributed by atoms with Crippen LogP contribution in [0.15, 0.2) is 158 Å². The van der Waals surface area contributed by atoms with Crippen LogP contribution in [0.3, 0.4) is 0 Å². The zero-order valence-corrected chi connectivity index (χ0v) is 50.3. The number of carbonyl (C=O) groups excluding carboxylic acids is 1. The number of carbonyl (C=O) groups is 1. The third-order valence-electron chi connectivity index (χ3n) is 13.8. The average molecular weight is 1110 g/mol. The lowest BCUT2D eigenvalue weighted by Crippen LogP contribution is -2.60. The van der Waals surface area contributed by atoms with E-state index >= 15 is 0 Å². The molecular formula is C71H115NO8. The summed E-state index contributed by atoms with van der Waals surface area (Å²) in [4.78, 5) is 13.1. The van der Waals surface area contributed by atoms with Crippen LogP contribution in [0.25, 0.3) is 0 Å². The van der Waals surface area contributed by atoms with Crippen LogP contribution in [0.5, 0.6) is 0 Å². The Morgan fingerprint density at radius 2 is 0.787 bits per heavy atom. The highest BCUT2D eigenvalue weighted by Gasteiger charge is 2.44. The summed E-state index contributed by atoms with van der Waals surface area (Å²) >= 11 is 0. The molecule has 9 nitrogen and oxygen atoms in total. The fourth-order valence-corrected chi connectivity index (χ4v) is 8.86. The van der Waals surface area contributed by atoms with Gasteiger partial charge in [-0.15, -0.1) is 0 Å². The molecule has 1 fully saturated rings. The molecule has 0 radical (unpaired) electrons. The number of aliphatic hydroxyl groups excluding tert-OH is 5. The minimum absolute atomic E-state index is 0.206. The fraction of sp³-hybridized carbons (Fsp3) is 0.620. The lowest BCUT2D eigenvalue weighted by Gasteiger charge is -2.40. The van der Waals surface area contributed by atoms with Crippen molar-refractivity contribution in [2.45, 2.75) is 269 Å². The maximum absolute atomic E-state index is 13.1. The lowest BCUT2D eigenvalue weighted by molar-refractivity contribution is -0.302. The number of hydrogen-bond acceptors (Lipinski definition) is 8. The molecule has 80 heavy (non-hydrogen) atoms. The van der Waals surface area contributed by atoms with Crippen LogP contribution in [-0.2, 0) is 14.3 Å². The van der Waals surface area contributed by atoms with Crippen molar-refractivity contribution in [3.8, 4) is 0 Å². The number of rotatable bonds is 52. The largest absolute Gasteiger partial charge is 0.394 e. The van der Waals surface area contributed by atoms with Crippen molar-refractivity contribution in [2.75, 3.05) is 13.2 Å². The first-order chi connectivity index (χ1) is 39.3. The summed E-state index contributed by atoms with van der Waals surface area (Å²) in [5.41, 5.74) is 0. The Labute approximate surface area is 488 Å². The van der Waals surface area contributed by atoms with Gasteiger partial charge in [0.2, 0.25) is 5.91 Å². The van der Waals surface area contributed by atoms with Gasteiger partial charge >= 0.3 is 0 Å². The number of amides is 1. The molecule has 1 aliphatic rings. The molecule has 9 heteroatoms. The van der Waals surface area contributed by atoms with Gasteiger partial charge in [0.15, 0.2) is 6.29 Å². The molecule has 452 valence electrons. The summed E-state index contributed by atoms with van der Waals surface area (Å²) in [7, 11) is 0. The van der Waals surface area contributed by atoms with Gasteiger partial charge < -0.3 is 40.3 Å². The van der Waals surface area contributed by atoms with Gasteiger partial charge in [0, 0.05) is 6.42 Å². The second kappa shape index (κ2) is 58.0. The molecule has 1 aliphatic heterocycles. The van der Waals surface area contributed by atoms with Gasteiger partial charge in [0.25, 0.3) is 0 Å². The van der Waals surface area contributed by atoms with Crippen molar-refractivity contribution in [1.82, 2.24) is 5.32 Å². The molecule has 0 saturated carbocycles. The van der Waals surface area contributed by atoms with E-state index in [2.05, 4.69) is 165 Å². The smallest absolute Gasteiger partial charge is 0.220 e. The molecule has 1 saturated heterocycles. The van der Waals surface area contributed by atoms with Crippen LogP contribution < -0.4 is 5.32 Å². The Kier molecular flexibility index (Phi) is 53.5. The van der Waals surface area contributed by atoms with Gasteiger partial charge in [-0.3, -0.25) is 4.79 Å². The molecule has 1 amide bonds. The van der Waals surface area contributed by atoms with Gasteiger partial charge in [0.05, 0.1) is 25.4 Å². The minimum Gasteiger partial charge on any atom is -0.394 e. The summed E-state index contributed by atoms with van der Waals surface area (Å²) < 4.78 is 11.3. The van der Waals surface area contributed by atoms with Crippen LogP contribution in [0.2, 0.25) is 0 Å². The highest BCUT2D eigenvalue weighted by molar-refractivity contribution is 5.76. The summed E-state index contributed by atoms with van der Waals surface area (Å²) in [6.07, 6.45) is 84.6. The Balaban J connectivity index is 2.20. The van der Waals surface area contributed by atoms with Crippen molar-refractivity contribution >= 4 is 5.91 Å². The first-order valence-electron chi connectivity index (χ1n) is 31.7. The molecule has 0 aromatic carbocycles. The van der Waals surface area contributed by atoms with Crippen molar-refractivity contribution in [1.29, 1.82) is 0 Å². The van der Waals surface area contributed by atoms with E-state index in [0.29, 0.717) is 6.42 Å². The van der Waals surface area contributed by atoms with Crippen molar-refractivity contribution in [3.63, 3.8) is 0 Å². The standard InChI is InChI=1S/C71H115NO8/c1-3-5-7-9-11-13-15-17-19-21-23-24-25-26-27-28-29-30-31-32-33-34-35-36-37-38-39-40-41-42-43-45-47-49-51-53-55-57-59-61-67(75)72-64(63-79-71-70(78)69(77)68(76)66(62-73)80-71)65(74)60-58-56-54-52-50-48-46-44-22-20-18-16-14-12-10-8-6-4-2/h5,7,11,13,17,19,22-24,26-27,29-30,32-33,35-36,38-39,41-42,44,50,52,58,60,64-66,68-71,73-74,76-78H,3-4,6,8-10,12,14-16,18,20-21,25,28,31,34,37,40,43,45-49,51,53-57,59,61-63H2,1-2H3,(H,72,75)/b7-5-,13-11-,19-17-,24-23-,27-26-,30-29-,33-32-,36-35-,39-38-,42-41-,44-22+,52-50+,60-58+. The van der Waals surface area contributed by atoms with E-state index in [4.69, 9.17) is 9.47 Å². The van der Waals surface area contributed by atoms with E-state index in [1.54, 1.807) is 6.08 Å². The maximum Gasteiger partial charge on any atom is 0.220 e. The predicted molar refractivity (Wildman–Crippen MR) is 340 cm³/mol. The van der Waals surface area contributed by atoms with Crippen LogP contribution in [-0.4, -0.2) is 87.5 Å². The maximum atomic E-state index is 13.1. The summed E-state index contributed by atoms with van der Waals surface area (Å²) in [6, 6.07) is -0.845. The van der Waals surface area contributed by atoms with E-state index in [0.717, 1.165) is 128 Å². The number of allylic oxidation sites excluding steroid dienone is 25. The molecule has 0 aromatic rings. The van der Waals surface area contributed by atoms with Gasteiger partial charge in [0.1, 0.15) is 24.4 Å². The van der Waals surface area contributed by atoms with E-state index in [9.17, 15) is 30.3 Å². The molecule has 0 spiro atoms. The number of nitrogens with one attached hydrogen (secondary N) is 1. The van der Waals surface area contributed by atoms with Crippen LogP contribution >= 0.6 is 0 Å². The van der Waals surface area contributed by atoms with Gasteiger partial charge in [-0.2, -0.15) is 0 Å². The van der Waals surface area contributed by atoms with Crippen LogP contribution in [0, 0.1) is 0 Å². The monoisotopic (exact) mass is 1110 g/mol. The van der Waals surface area contributed by atoms with E-state index < -0.39 is 49.5 Å². The molecule has 7 atom stereocenters. The normalized spacial score (nSPS) is 19.6. The van der Waals surface area contributed by atoms with Gasteiger partial charge in [-0.05, 0) is 122 Å². The molecule has 1 rings (SSSR count). The molecule has 6 N–H and O–H groups in total. The average Bonchev–Trinajstić information content (AvgIpc) is 3.46. The molecular weight excluding hydrogens is 995 g/mol. The summed E-state index contributed by atoms with van der Waals surface area (Å²) in [5, 5.41) is 54.5. The predicted octanol–water partition coefficient (Wildman–Crippen LogP) is 16.8. The highest BCUT2D eigenvalue weighted by Crippen LogP contribution is 2.23. The fourth-order valence-electron chi connectivity index (χ4n) is 8.86. The van der Waals surface area contributed by atoms with Gasteiger partial charge in [-0.1, -0.05) is 255 Å². The Hall–Kier alpha value is -4.19. The number of aliphatic hydroxyl groups is 5. The zero-order valence-electron chi connectivity index (χ0n) is 50.3. The second-order valence-electron chi connectivity index (χ2n) is 21.1. The van der Waals surface area contributed by atoms with Gasteiger partial charge in [-0.25, -0.2) is 0 Å². The number of unbranched alkanes of at least 4 members (excludes halogenated alkanes) is 18. The van der Waals surface area contributed by atoms with Crippen LogP contribution in [0.4, 0.5) is 0 Å². The first-order valence-corrected chi connectivity index (χ1v) is 31.7. The third kappa shape index (κ3) is 46.4. The number of ether oxygens (including phenoxy) is 2. The first kappa shape index (κ1) is 73.8. The zero-order chi connectivity index (χ0) is 57.9. The Morgan fingerprint density at radius 1 is 0.438 bits per heavy atom. The van der Waals surface area contributed by atoms with E-state index in [-0.39, 0.29) is 12.5 Å². The van der Waals surface area contributed by atoms with Crippen molar-refractivity contribution < 1.29 is 39.8 Å². The molecule has 0 aliphatic carbocycles. The van der Waals surface area contributed by atoms with E-state index in [1.165, 1.54) is 77.0 Å². The molecule has 0 aromatic heterocycles. The van der Waals surface area contributed by atoms with Crippen molar-refractivity contribution in [2.24, 2.45) is 0 Å². The number of hydrogen-bond donors (Lipinski definition) is 6. The second-order valence-corrected chi connectivity index (χ2v) is 21.1. The minimum atomic E-state index is -1.59. The van der Waals surface area contributed by atoms with Crippen LogP contribution in [0.1, 0.15) is 226 Å². The highest BCUT2D eigenvalue weighted by atomic mass is 16.7. The van der Waals surface area contributed by atoms with Crippen molar-refractivity contribution in [3.05, 3.63) is 158 Å². The molecule has 7 unspecified atom stereocenters. The summed E-state index contributed by atoms with van der Waals surface area (Å²) in [6.45, 7) is 3.62. The van der Waals surface area contributed by atoms with E-state index in [1.807, 2.05) is 6.08 Å². The third-order valence-corrected chi connectivity index (χ3v) is 13.8. The molecule has 1 heterocycles. The Bertz CT molecular complexity index is 1810. The lowest BCUT2D eigenvalue weighted by atomic mass is 9.99. The molecule has 0 bridgehead atoms. The Morgan fingerprint density at radius 3 is 1.20 bits per heavy atom. The SMILES string of the molecule is CC/C=C\C/C=C\C/C=C\C/C=C\C/C=C\C/C=C\C/C=C\C/C=C\C/C=C\C/C=C\CCCCCCCCCCC(=O)NC(COC1OC(CO)C(O)C(O)C1O)C(O)/C=C/CC/C=C/CC/C=C/CCCCCCCCCC.